The number of rotatable bonds is 4. The molecule has 0 unspecified atom stereocenters. The average molecular weight is 373 g/mol. The van der Waals surface area contributed by atoms with Gasteiger partial charge in [0, 0.05) is 12.1 Å². The fourth-order valence-corrected chi connectivity index (χ4v) is 3.04. The fraction of sp³-hybridized carbons (Fsp3) is 0.176. The van der Waals surface area contributed by atoms with Gasteiger partial charge in [-0.1, -0.05) is 6.07 Å². The van der Waals surface area contributed by atoms with Crippen LogP contribution >= 0.6 is 0 Å². The van der Waals surface area contributed by atoms with Gasteiger partial charge in [-0.25, -0.2) is 9.59 Å². The minimum Gasteiger partial charge on any atom is -0.482 e. The molecule has 1 amide bonds. The molecule has 0 radical (unpaired) electrons. The number of nitrogens with two attached hydrogens (primary N) is 1. The van der Waals surface area contributed by atoms with E-state index in [4.69, 9.17) is 10.5 Å². The molecule has 0 bridgehead atoms. The smallest absolute Gasteiger partial charge is 0.342 e. The van der Waals surface area contributed by atoms with Crippen LogP contribution in [0.2, 0.25) is 0 Å². The number of H-pyrrole nitrogens is 1. The molecule has 0 saturated heterocycles. The standard InChI is InChI=1S/C17H15N3O7/c1-2-20-8-5-7(3-4-9(8)27-6-10(20)21)11-12(16(23)24)14(18)19-15(22)13(11)17(25)26/h3-5H,2,6H2,1H3,(H,23,24)(H,25,26)(H3,18,19,22). The Labute approximate surface area is 151 Å². The molecule has 3 rings (SSSR count). The van der Waals surface area contributed by atoms with Crippen LogP contribution in [0.1, 0.15) is 27.6 Å². The number of aromatic nitrogens is 1. The normalized spacial score (nSPS) is 13.1. The van der Waals surface area contributed by atoms with Gasteiger partial charge < -0.3 is 30.6 Å². The maximum atomic E-state index is 12.1. The highest BCUT2D eigenvalue weighted by Gasteiger charge is 2.29. The Kier molecular flexibility index (Phi) is 4.32. The Hall–Kier alpha value is -3.82. The van der Waals surface area contributed by atoms with E-state index >= 15 is 0 Å². The molecular weight excluding hydrogens is 358 g/mol. The Morgan fingerprint density at radius 3 is 2.48 bits per heavy atom. The average Bonchev–Trinajstić information content (AvgIpc) is 2.59. The summed E-state index contributed by atoms with van der Waals surface area (Å²) in [5, 5.41) is 18.9. The van der Waals surface area contributed by atoms with Gasteiger partial charge in [-0.05, 0) is 24.6 Å². The van der Waals surface area contributed by atoms with Crippen molar-refractivity contribution >= 4 is 29.4 Å². The summed E-state index contributed by atoms with van der Waals surface area (Å²) >= 11 is 0. The zero-order valence-electron chi connectivity index (χ0n) is 14.1. The van der Waals surface area contributed by atoms with Crippen LogP contribution in [0.15, 0.2) is 23.0 Å². The highest BCUT2D eigenvalue weighted by molar-refractivity contribution is 6.08. The Balaban J connectivity index is 2.36. The first-order chi connectivity index (χ1) is 12.8. The van der Waals surface area contributed by atoms with Crippen molar-refractivity contribution in [1.29, 1.82) is 0 Å². The third-order valence-corrected chi connectivity index (χ3v) is 4.18. The molecule has 0 spiro atoms. The van der Waals surface area contributed by atoms with E-state index in [1.54, 1.807) is 6.92 Å². The van der Waals surface area contributed by atoms with Crippen LogP contribution in [0, 0.1) is 0 Å². The number of likely N-dealkylation sites (N-methyl/N-ethyl adjacent to an activating group) is 1. The van der Waals surface area contributed by atoms with Crippen LogP contribution in [0.25, 0.3) is 11.1 Å². The molecule has 2 heterocycles. The summed E-state index contributed by atoms with van der Waals surface area (Å²) < 4.78 is 5.35. The van der Waals surface area contributed by atoms with Crippen molar-refractivity contribution in [2.24, 2.45) is 0 Å². The topological polar surface area (TPSA) is 163 Å². The number of amides is 1. The number of hydrogen-bond donors (Lipinski definition) is 4. The van der Waals surface area contributed by atoms with Crippen LogP contribution in [0.3, 0.4) is 0 Å². The molecule has 10 nitrogen and oxygen atoms in total. The van der Waals surface area contributed by atoms with Crippen molar-refractivity contribution in [2.45, 2.75) is 6.92 Å². The van der Waals surface area contributed by atoms with Crippen molar-refractivity contribution in [1.82, 2.24) is 4.98 Å². The Bertz CT molecular complexity index is 1040. The van der Waals surface area contributed by atoms with Gasteiger partial charge in [0.1, 0.15) is 22.7 Å². The van der Waals surface area contributed by atoms with Gasteiger partial charge in [-0.15, -0.1) is 0 Å². The van der Waals surface area contributed by atoms with E-state index in [-0.39, 0.29) is 23.6 Å². The molecular formula is C17H15N3O7. The second-order valence-electron chi connectivity index (χ2n) is 5.71. The molecule has 5 N–H and O–H groups in total. The predicted molar refractivity (Wildman–Crippen MR) is 94.4 cm³/mol. The number of carboxylic acid groups (broad SMARTS) is 2. The van der Waals surface area contributed by atoms with E-state index in [1.165, 1.54) is 23.1 Å². The van der Waals surface area contributed by atoms with E-state index < -0.39 is 34.4 Å². The van der Waals surface area contributed by atoms with Gasteiger partial charge in [0.15, 0.2) is 6.61 Å². The number of nitrogens with zero attached hydrogens (tertiary/aromatic N) is 1. The third-order valence-electron chi connectivity index (χ3n) is 4.18. The van der Waals surface area contributed by atoms with Crippen LogP contribution in [-0.2, 0) is 4.79 Å². The van der Waals surface area contributed by atoms with Crippen molar-refractivity contribution < 1.29 is 29.3 Å². The first-order valence-electron chi connectivity index (χ1n) is 7.86. The van der Waals surface area contributed by atoms with E-state index in [0.29, 0.717) is 18.0 Å². The lowest BCUT2D eigenvalue weighted by atomic mass is 9.94. The SMILES string of the molecule is CCN1C(=O)COc2ccc(-c3c(C(=O)O)c(N)[nH]c(=O)c3C(=O)O)cc21. The zero-order valence-corrected chi connectivity index (χ0v) is 14.1. The van der Waals surface area contributed by atoms with E-state index in [0.717, 1.165) is 0 Å². The number of nitrogen functional groups attached to an aromatic ring is 1. The zero-order chi connectivity index (χ0) is 19.9. The highest BCUT2D eigenvalue weighted by Crippen LogP contribution is 2.38. The summed E-state index contributed by atoms with van der Waals surface area (Å²) in [6, 6.07) is 4.30. The maximum Gasteiger partial charge on any atom is 0.342 e. The molecule has 1 aromatic carbocycles. The predicted octanol–water partition coefficient (Wildman–Crippen LogP) is 0.766. The van der Waals surface area contributed by atoms with Crippen molar-refractivity contribution in [3.05, 3.63) is 39.7 Å². The number of carboxylic acids is 2. The minimum atomic E-state index is -1.61. The molecule has 1 aliphatic heterocycles. The fourth-order valence-electron chi connectivity index (χ4n) is 3.04. The summed E-state index contributed by atoms with van der Waals surface area (Å²) in [4.78, 5) is 50.9. The first kappa shape index (κ1) is 18.0. The van der Waals surface area contributed by atoms with Gasteiger partial charge >= 0.3 is 11.9 Å². The molecule has 0 atom stereocenters. The molecule has 0 aliphatic carbocycles. The van der Waals surface area contributed by atoms with Crippen LogP contribution in [-0.4, -0.2) is 46.2 Å². The van der Waals surface area contributed by atoms with E-state index in [2.05, 4.69) is 0 Å². The monoisotopic (exact) mass is 373 g/mol. The van der Waals surface area contributed by atoms with Crippen LogP contribution in [0.5, 0.6) is 5.75 Å². The second kappa shape index (κ2) is 6.48. The van der Waals surface area contributed by atoms with Crippen molar-refractivity contribution in [2.75, 3.05) is 23.8 Å². The number of carbonyl (C=O) groups is 3. The number of aromatic carboxylic acids is 2. The van der Waals surface area contributed by atoms with Crippen molar-refractivity contribution in [3.8, 4) is 16.9 Å². The van der Waals surface area contributed by atoms with Gasteiger partial charge in [-0.2, -0.15) is 0 Å². The highest BCUT2D eigenvalue weighted by atomic mass is 16.5. The molecule has 0 saturated carbocycles. The van der Waals surface area contributed by atoms with Gasteiger partial charge in [0.05, 0.1) is 5.69 Å². The molecule has 1 aromatic heterocycles. The number of aromatic amines is 1. The first-order valence-corrected chi connectivity index (χ1v) is 7.86. The lowest BCUT2D eigenvalue weighted by molar-refractivity contribution is -0.121. The summed E-state index contributed by atoms with van der Waals surface area (Å²) in [5.41, 5.74) is 3.41. The number of benzene rings is 1. The molecule has 140 valence electrons. The number of fused-ring (bicyclic) bond motifs is 1. The number of carbonyl (C=O) groups excluding carboxylic acids is 1. The Morgan fingerprint density at radius 2 is 1.89 bits per heavy atom. The molecule has 0 fully saturated rings. The van der Waals surface area contributed by atoms with E-state index in [1.807, 2.05) is 4.98 Å². The van der Waals surface area contributed by atoms with Gasteiger partial charge in [0.25, 0.3) is 11.5 Å². The van der Waals surface area contributed by atoms with Gasteiger partial charge in [-0.3, -0.25) is 9.59 Å². The number of hydrogen-bond acceptors (Lipinski definition) is 6. The van der Waals surface area contributed by atoms with Crippen LogP contribution < -0.4 is 20.9 Å². The molecule has 10 heteroatoms. The minimum absolute atomic E-state index is 0.109. The number of pyridine rings is 1. The third kappa shape index (κ3) is 2.86. The molecule has 1 aliphatic rings. The Morgan fingerprint density at radius 1 is 1.22 bits per heavy atom. The second-order valence-corrected chi connectivity index (χ2v) is 5.71. The van der Waals surface area contributed by atoms with Crippen molar-refractivity contribution in [3.63, 3.8) is 0 Å². The van der Waals surface area contributed by atoms with Crippen LogP contribution in [0.4, 0.5) is 11.5 Å². The number of ether oxygens (including phenoxy) is 1. The van der Waals surface area contributed by atoms with E-state index in [9.17, 15) is 29.4 Å². The molecule has 27 heavy (non-hydrogen) atoms. The summed E-state index contributed by atoms with van der Waals surface area (Å²) in [6.45, 7) is 1.93. The molecule has 2 aromatic rings. The number of anilines is 2. The van der Waals surface area contributed by atoms with Gasteiger partial charge in [0.2, 0.25) is 0 Å². The summed E-state index contributed by atoms with van der Waals surface area (Å²) in [7, 11) is 0. The lowest BCUT2D eigenvalue weighted by Crippen LogP contribution is -2.38. The lowest BCUT2D eigenvalue weighted by Gasteiger charge is -2.29. The summed E-state index contributed by atoms with van der Waals surface area (Å²) in [5.74, 6) is -3.49. The largest absolute Gasteiger partial charge is 0.482 e. The maximum absolute atomic E-state index is 12.1. The quantitative estimate of drug-likeness (QED) is 0.610. The summed E-state index contributed by atoms with van der Waals surface area (Å²) in [6.07, 6.45) is 0. The number of nitrogens with one attached hydrogen (secondary N) is 1.